The van der Waals surface area contributed by atoms with Crippen molar-refractivity contribution in [2.45, 2.75) is 11.3 Å². The summed E-state index contributed by atoms with van der Waals surface area (Å²) in [6.45, 7) is -0.477. The van der Waals surface area contributed by atoms with Crippen LogP contribution in [0.25, 0.3) is 0 Å². The van der Waals surface area contributed by atoms with Crippen molar-refractivity contribution in [1.29, 1.82) is 0 Å². The minimum Gasteiger partial charge on any atom is -0.379 e. The number of nitrogens with two attached hydrogens (primary N) is 1. The number of hydrogen-bond donors (Lipinski definition) is 2. The first-order chi connectivity index (χ1) is 6.89. The second-order valence-corrected chi connectivity index (χ2v) is 4.40. The van der Waals surface area contributed by atoms with E-state index >= 15 is 0 Å². The van der Waals surface area contributed by atoms with E-state index in [1.165, 1.54) is 24.3 Å². The maximum Gasteiger partial charge on any atom is 0.255 e. The molecule has 0 radical (unpaired) electrons. The predicted octanol–water partition coefficient (Wildman–Crippen LogP) is 1.01. The molecule has 0 aromatic heterocycles. The van der Waals surface area contributed by atoms with Crippen LogP contribution in [0.3, 0.4) is 0 Å². The molecule has 0 aliphatic carbocycles. The van der Waals surface area contributed by atoms with E-state index in [9.17, 15) is 17.2 Å². The van der Waals surface area contributed by atoms with Gasteiger partial charge in [0.05, 0.1) is 11.4 Å². The SMILES string of the molecule is NS(=O)(=O)c1ccc(NCC(F)F)cc1. The Morgan fingerprint density at radius 3 is 2.20 bits per heavy atom. The van der Waals surface area contributed by atoms with Crippen LogP contribution >= 0.6 is 0 Å². The minimum atomic E-state index is -3.73. The fraction of sp³-hybridized carbons (Fsp3) is 0.250. The Labute approximate surface area is 86.1 Å². The molecule has 1 rings (SSSR count). The van der Waals surface area contributed by atoms with E-state index < -0.39 is 23.0 Å². The summed E-state index contributed by atoms with van der Waals surface area (Å²) in [5, 5.41) is 7.30. The first-order valence-electron chi connectivity index (χ1n) is 4.04. The molecule has 1 aromatic carbocycles. The van der Waals surface area contributed by atoms with Crippen molar-refractivity contribution >= 4 is 15.7 Å². The smallest absolute Gasteiger partial charge is 0.255 e. The molecule has 0 aliphatic heterocycles. The zero-order valence-corrected chi connectivity index (χ0v) is 8.47. The van der Waals surface area contributed by atoms with Gasteiger partial charge in [0.25, 0.3) is 6.43 Å². The van der Waals surface area contributed by atoms with Gasteiger partial charge in [0.1, 0.15) is 0 Å². The lowest BCUT2D eigenvalue weighted by Gasteiger charge is -2.05. The molecule has 0 heterocycles. The van der Waals surface area contributed by atoms with Crippen LogP contribution in [0.1, 0.15) is 0 Å². The Kier molecular flexibility index (Phi) is 3.59. The van der Waals surface area contributed by atoms with Gasteiger partial charge in [0.2, 0.25) is 10.0 Å². The monoisotopic (exact) mass is 236 g/mol. The summed E-state index contributed by atoms with van der Waals surface area (Å²) in [5.74, 6) is 0. The van der Waals surface area contributed by atoms with Crippen LogP contribution in [-0.2, 0) is 10.0 Å². The molecule has 4 nitrogen and oxygen atoms in total. The molecule has 1 aromatic rings. The van der Waals surface area contributed by atoms with E-state index in [0.29, 0.717) is 5.69 Å². The maximum atomic E-state index is 11.8. The lowest BCUT2D eigenvalue weighted by Crippen LogP contribution is -2.13. The maximum absolute atomic E-state index is 11.8. The van der Waals surface area contributed by atoms with E-state index in [0.717, 1.165) is 0 Å². The summed E-state index contributed by atoms with van der Waals surface area (Å²) in [7, 11) is -3.73. The molecular weight excluding hydrogens is 226 g/mol. The Morgan fingerprint density at radius 2 is 1.80 bits per heavy atom. The van der Waals surface area contributed by atoms with Gasteiger partial charge in [0, 0.05) is 5.69 Å². The highest BCUT2D eigenvalue weighted by Gasteiger charge is 2.07. The highest BCUT2D eigenvalue weighted by Crippen LogP contribution is 2.12. The van der Waals surface area contributed by atoms with Crippen LogP contribution < -0.4 is 10.5 Å². The number of halogens is 2. The summed E-state index contributed by atoms with van der Waals surface area (Å²) in [6.07, 6.45) is -2.46. The van der Waals surface area contributed by atoms with Gasteiger partial charge >= 0.3 is 0 Å². The first kappa shape index (κ1) is 11.9. The molecule has 0 atom stereocenters. The molecule has 0 amide bonds. The summed E-state index contributed by atoms with van der Waals surface area (Å²) < 4.78 is 45.3. The molecule has 0 bridgehead atoms. The highest BCUT2D eigenvalue weighted by molar-refractivity contribution is 7.89. The number of anilines is 1. The fourth-order valence-electron chi connectivity index (χ4n) is 0.957. The van der Waals surface area contributed by atoms with Gasteiger partial charge in [-0.25, -0.2) is 22.3 Å². The summed E-state index contributed by atoms with van der Waals surface area (Å²) in [5.41, 5.74) is 0.419. The zero-order valence-electron chi connectivity index (χ0n) is 7.65. The van der Waals surface area contributed by atoms with E-state index in [1.54, 1.807) is 0 Å². The number of benzene rings is 1. The van der Waals surface area contributed by atoms with Crippen molar-refractivity contribution < 1.29 is 17.2 Å². The molecular formula is C8H10F2N2O2S. The van der Waals surface area contributed by atoms with Crippen LogP contribution in [-0.4, -0.2) is 21.4 Å². The molecule has 84 valence electrons. The van der Waals surface area contributed by atoms with Crippen molar-refractivity contribution in [2.24, 2.45) is 5.14 Å². The van der Waals surface area contributed by atoms with Crippen LogP contribution in [0.15, 0.2) is 29.2 Å². The summed E-state index contributed by atoms with van der Waals surface area (Å²) in [6, 6.07) is 5.26. The number of nitrogens with one attached hydrogen (secondary N) is 1. The number of rotatable bonds is 4. The van der Waals surface area contributed by atoms with Gasteiger partial charge in [-0.3, -0.25) is 0 Å². The van der Waals surface area contributed by atoms with Gasteiger partial charge in [-0.05, 0) is 24.3 Å². The standard InChI is InChI=1S/C8H10F2N2O2S/c9-8(10)5-12-6-1-3-7(4-2-6)15(11,13)14/h1-4,8,12H,5H2,(H2,11,13,14). The molecule has 15 heavy (non-hydrogen) atoms. The predicted molar refractivity (Wildman–Crippen MR) is 52.3 cm³/mol. The summed E-state index contributed by atoms with van der Waals surface area (Å²) in [4.78, 5) is -0.0508. The topological polar surface area (TPSA) is 72.2 Å². The third-order valence-electron chi connectivity index (χ3n) is 1.64. The fourth-order valence-corrected chi connectivity index (χ4v) is 1.47. The second kappa shape index (κ2) is 4.54. The van der Waals surface area contributed by atoms with Gasteiger partial charge in [-0.1, -0.05) is 0 Å². The van der Waals surface area contributed by atoms with Crippen molar-refractivity contribution in [3.63, 3.8) is 0 Å². The number of primary sulfonamides is 1. The number of hydrogen-bond acceptors (Lipinski definition) is 3. The molecule has 0 spiro atoms. The summed E-state index contributed by atoms with van der Waals surface area (Å²) >= 11 is 0. The van der Waals surface area contributed by atoms with Crippen LogP contribution in [0.2, 0.25) is 0 Å². The van der Waals surface area contributed by atoms with Crippen molar-refractivity contribution in [2.75, 3.05) is 11.9 Å². The van der Waals surface area contributed by atoms with Crippen LogP contribution in [0.5, 0.6) is 0 Å². The van der Waals surface area contributed by atoms with Gasteiger partial charge < -0.3 is 5.32 Å². The van der Waals surface area contributed by atoms with Gasteiger partial charge in [-0.15, -0.1) is 0 Å². The molecule has 3 N–H and O–H groups in total. The van der Waals surface area contributed by atoms with Crippen LogP contribution in [0, 0.1) is 0 Å². The Morgan fingerprint density at radius 1 is 1.27 bits per heavy atom. The first-order valence-corrected chi connectivity index (χ1v) is 5.59. The average molecular weight is 236 g/mol. The third-order valence-corrected chi connectivity index (χ3v) is 2.57. The normalized spacial score (nSPS) is 11.7. The Hall–Kier alpha value is -1.21. The zero-order chi connectivity index (χ0) is 11.5. The van der Waals surface area contributed by atoms with Crippen molar-refractivity contribution in [1.82, 2.24) is 0 Å². The second-order valence-electron chi connectivity index (χ2n) is 2.84. The van der Waals surface area contributed by atoms with E-state index in [2.05, 4.69) is 5.32 Å². The largest absolute Gasteiger partial charge is 0.379 e. The molecule has 0 fully saturated rings. The molecule has 0 unspecified atom stereocenters. The Bertz CT molecular complexity index is 417. The molecule has 0 saturated carbocycles. The lowest BCUT2D eigenvalue weighted by atomic mass is 10.3. The van der Waals surface area contributed by atoms with E-state index in [1.807, 2.05) is 0 Å². The van der Waals surface area contributed by atoms with Gasteiger partial charge in [0.15, 0.2) is 0 Å². The van der Waals surface area contributed by atoms with Crippen molar-refractivity contribution in [3.05, 3.63) is 24.3 Å². The number of sulfonamides is 1. The Balaban J connectivity index is 2.73. The van der Waals surface area contributed by atoms with E-state index in [4.69, 9.17) is 5.14 Å². The average Bonchev–Trinajstić information content (AvgIpc) is 2.14. The lowest BCUT2D eigenvalue weighted by molar-refractivity contribution is 0.163. The molecule has 0 saturated heterocycles. The van der Waals surface area contributed by atoms with E-state index in [-0.39, 0.29) is 4.90 Å². The quantitative estimate of drug-likeness (QED) is 0.819. The molecule has 0 aliphatic rings. The van der Waals surface area contributed by atoms with Gasteiger partial charge in [-0.2, -0.15) is 0 Å². The number of alkyl halides is 2. The highest BCUT2D eigenvalue weighted by atomic mass is 32.2. The van der Waals surface area contributed by atoms with Crippen LogP contribution in [0.4, 0.5) is 14.5 Å². The van der Waals surface area contributed by atoms with Crippen molar-refractivity contribution in [3.8, 4) is 0 Å². The molecule has 7 heteroatoms. The minimum absolute atomic E-state index is 0.0508. The third kappa shape index (κ3) is 3.80.